The third-order valence-electron chi connectivity index (χ3n) is 2.18. The molecule has 0 aliphatic carbocycles. The highest BCUT2D eigenvalue weighted by Crippen LogP contribution is 2.37. The molecule has 0 radical (unpaired) electrons. The summed E-state index contributed by atoms with van der Waals surface area (Å²) in [6, 6.07) is 5.23. The van der Waals surface area contributed by atoms with Crippen molar-refractivity contribution in [2.75, 3.05) is 13.6 Å². The van der Waals surface area contributed by atoms with Crippen LogP contribution in [-0.2, 0) is 6.18 Å². The van der Waals surface area contributed by atoms with Gasteiger partial charge in [0.15, 0.2) is 0 Å². The van der Waals surface area contributed by atoms with Gasteiger partial charge in [0.25, 0.3) is 0 Å². The molecule has 0 fully saturated rings. The lowest BCUT2D eigenvalue weighted by atomic mass is 10.1. The van der Waals surface area contributed by atoms with Gasteiger partial charge in [-0.3, -0.25) is 0 Å². The number of para-hydroxylation sites is 1. The molecule has 0 unspecified atom stereocenters. The van der Waals surface area contributed by atoms with E-state index in [-0.39, 0.29) is 5.75 Å². The second-order valence-electron chi connectivity index (χ2n) is 4.39. The molecule has 0 aliphatic heterocycles. The van der Waals surface area contributed by atoms with Crippen LogP contribution in [0.5, 0.6) is 5.75 Å². The standard InChI is InChI=1S/C12H16F3NO/c1-11(2,8-16-3)17-10-7-5-4-6-9(10)12(13,14)15/h4-7,16H,8H2,1-3H3. The zero-order valence-electron chi connectivity index (χ0n) is 10.1. The maximum absolute atomic E-state index is 12.7. The summed E-state index contributed by atoms with van der Waals surface area (Å²) in [4.78, 5) is 0. The molecular weight excluding hydrogens is 231 g/mol. The number of rotatable bonds is 4. The van der Waals surface area contributed by atoms with Gasteiger partial charge in [0.2, 0.25) is 0 Å². The Hall–Kier alpha value is -1.23. The van der Waals surface area contributed by atoms with Crippen LogP contribution in [0.4, 0.5) is 13.2 Å². The van der Waals surface area contributed by atoms with Crippen molar-refractivity contribution >= 4 is 0 Å². The van der Waals surface area contributed by atoms with Crippen molar-refractivity contribution in [1.29, 1.82) is 0 Å². The third kappa shape index (κ3) is 3.93. The summed E-state index contributed by atoms with van der Waals surface area (Å²) in [5.41, 5.74) is -1.44. The molecule has 0 saturated heterocycles. The van der Waals surface area contributed by atoms with Crippen LogP contribution in [0.25, 0.3) is 0 Å². The van der Waals surface area contributed by atoms with Crippen molar-refractivity contribution in [2.45, 2.75) is 25.6 Å². The molecule has 96 valence electrons. The van der Waals surface area contributed by atoms with Gasteiger partial charge in [0.05, 0.1) is 5.56 Å². The van der Waals surface area contributed by atoms with Crippen LogP contribution in [0.1, 0.15) is 19.4 Å². The van der Waals surface area contributed by atoms with E-state index >= 15 is 0 Å². The van der Waals surface area contributed by atoms with Gasteiger partial charge in [-0.2, -0.15) is 13.2 Å². The Balaban J connectivity index is 2.99. The molecule has 1 aromatic carbocycles. The van der Waals surface area contributed by atoms with Gasteiger partial charge < -0.3 is 10.1 Å². The number of likely N-dealkylation sites (N-methyl/N-ethyl adjacent to an activating group) is 1. The number of nitrogens with one attached hydrogen (secondary N) is 1. The predicted octanol–water partition coefficient (Wildman–Crippen LogP) is 3.08. The van der Waals surface area contributed by atoms with E-state index in [0.717, 1.165) is 6.07 Å². The number of halogens is 3. The van der Waals surface area contributed by atoms with Crippen molar-refractivity contribution in [3.63, 3.8) is 0 Å². The summed E-state index contributed by atoms with van der Waals surface area (Å²) in [6.45, 7) is 3.92. The highest BCUT2D eigenvalue weighted by Gasteiger charge is 2.35. The SMILES string of the molecule is CNCC(C)(C)Oc1ccccc1C(F)(F)F. The molecule has 0 heterocycles. The van der Waals surface area contributed by atoms with Crippen LogP contribution in [0, 0.1) is 0 Å². The number of ether oxygens (including phenoxy) is 1. The first-order chi connectivity index (χ1) is 7.76. The average Bonchev–Trinajstić information content (AvgIpc) is 2.15. The highest BCUT2D eigenvalue weighted by atomic mass is 19.4. The first-order valence-corrected chi connectivity index (χ1v) is 5.26. The van der Waals surface area contributed by atoms with Gasteiger partial charge >= 0.3 is 6.18 Å². The molecule has 0 amide bonds. The molecule has 17 heavy (non-hydrogen) atoms. The van der Waals surface area contributed by atoms with Gasteiger partial charge in [0.1, 0.15) is 11.4 Å². The molecule has 1 rings (SSSR count). The monoisotopic (exact) mass is 247 g/mol. The van der Waals surface area contributed by atoms with E-state index in [2.05, 4.69) is 5.32 Å². The third-order valence-corrected chi connectivity index (χ3v) is 2.18. The Kier molecular flexibility index (Phi) is 4.03. The molecule has 0 bridgehead atoms. The normalized spacial score (nSPS) is 12.6. The highest BCUT2D eigenvalue weighted by molar-refractivity contribution is 5.36. The molecule has 0 spiro atoms. The molecule has 2 nitrogen and oxygen atoms in total. The quantitative estimate of drug-likeness (QED) is 0.882. The predicted molar refractivity (Wildman–Crippen MR) is 60.1 cm³/mol. The maximum Gasteiger partial charge on any atom is 0.419 e. The Morgan fingerprint density at radius 3 is 2.29 bits per heavy atom. The molecule has 0 aromatic heterocycles. The van der Waals surface area contributed by atoms with Crippen LogP contribution in [0.2, 0.25) is 0 Å². The van der Waals surface area contributed by atoms with Gasteiger partial charge in [-0.1, -0.05) is 12.1 Å². The summed E-state index contributed by atoms with van der Waals surface area (Å²) in [5, 5.41) is 2.88. The Bertz CT molecular complexity index is 374. The van der Waals surface area contributed by atoms with E-state index < -0.39 is 17.3 Å². The lowest BCUT2D eigenvalue weighted by Crippen LogP contribution is -2.39. The summed E-state index contributed by atoms with van der Waals surface area (Å²) in [6.07, 6.45) is -4.40. The van der Waals surface area contributed by atoms with Crippen LogP contribution in [-0.4, -0.2) is 19.2 Å². The first kappa shape index (κ1) is 13.8. The zero-order valence-corrected chi connectivity index (χ0v) is 10.1. The average molecular weight is 247 g/mol. The lowest BCUT2D eigenvalue weighted by molar-refractivity contribution is -0.139. The molecule has 5 heteroatoms. The summed E-state index contributed by atoms with van der Waals surface area (Å²) < 4.78 is 43.6. The van der Waals surface area contributed by atoms with Crippen molar-refractivity contribution in [2.24, 2.45) is 0 Å². The van der Waals surface area contributed by atoms with E-state index in [9.17, 15) is 13.2 Å². The van der Waals surface area contributed by atoms with E-state index in [4.69, 9.17) is 4.74 Å². The van der Waals surface area contributed by atoms with E-state index in [1.807, 2.05) is 0 Å². The van der Waals surface area contributed by atoms with Crippen molar-refractivity contribution in [3.05, 3.63) is 29.8 Å². The van der Waals surface area contributed by atoms with Crippen molar-refractivity contribution in [3.8, 4) is 5.75 Å². The van der Waals surface area contributed by atoms with Crippen LogP contribution in [0.3, 0.4) is 0 Å². The number of alkyl halides is 3. The second-order valence-corrected chi connectivity index (χ2v) is 4.39. The summed E-state index contributed by atoms with van der Waals surface area (Å²) in [5.74, 6) is -0.139. The molecule has 0 saturated carbocycles. The fraction of sp³-hybridized carbons (Fsp3) is 0.500. The molecule has 0 atom stereocenters. The number of benzene rings is 1. The molecular formula is C12H16F3NO. The van der Waals surface area contributed by atoms with E-state index in [1.54, 1.807) is 20.9 Å². The zero-order chi connectivity index (χ0) is 13.1. The Morgan fingerprint density at radius 1 is 1.18 bits per heavy atom. The fourth-order valence-electron chi connectivity index (χ4n) is 1.55. The van der Waals surface area contributed by atoms with Crippen LogP contribution >= 0.6 is 0 Å². The maximum atomic E-state index is 12.7. The fourth-order valence-corrected chi connectivity index (χ4v) is 1.55. The molecule has 1 aromatic rings. The largest absolute Gasteiger partial charge is 0.486 e. The lowest BCUT2D eigenvalue weighted by Gasteiger charge is -2.27. The van der Waals surface area contributed by atoms with Crippen molar-refractivity contribution < 1.29 is 17.9 Å². The minimum Gasteiger partial charge on any atom is -0.486 e. The minimum atomic E-state index is -4.40. The van der Waals surface area contributed by atoms with Gasteiger partial charge in [-0.25, -0.2) is 0 Å². The number of hydrogen-bond acceptors (Lipinski definition) is 2. The summed E-state index contributed by atoms with van der Waals surface area (Å²) >= 11 is 0. The topological polar surface area (TPSA) is 21.3 Å². The van der Waals surface area contributed by atoms with Gasteiger partial charge in [0, 0.05) is 6.54 Å². The van der Waals surface area contributed by atoms with Crippen LogP contribution in [0.15, 0.2) is 24.3 Å². The minimum absolute atomic E-state index is 0.139. The first-order valence-electron chi connectivity index (χ1n) is 5.26. The van der Waals surface area contributed by atoms with Crippen LogP contribution < -0.4 is 10.1 Å². The van der Waals surface area contributed by atoms with Gasteiger partial charge in [-0.05, 0) is 33.0 Å². The van der Waals surface area contributed by atoms with Crippen molar-refractivity contribution in [1.82, 2.24) is 5.32 Å². The molecule has 0 aliphatic rings. The Morgan fingerprint density at radius 2 is 1.76 bits per heavy atom. The van der Waals surface area contributed by atoms with E-state index in [1.165, 1.54) is 18.2 Å². The van der Waals surface area contributed by atoms with Gasteiger partial charge in [-0.15, -0.1) is 0 Å². The van der Waals surface area contributed by atoms with E-state index in [0.29, 0.717) is 6.54 Å². The Labute approximate surface area is 98.8 Å². The molecule has 1 N–H and O–H groups in total. The second kappa shape index (κ2) is 4.96. The smallest absolute Gasteiger partial charge is 0.419 e. The number of hydrogen-bond donors (Lipinski definition) is 1. The summed E-state index contributed by atoms with van der Waals surface area (Å²) in [7, 11) is 1.72.